The second kappa shape index (κ2) is 5.20. The third-order valence-electron chi connectivity index (χ3n) is 3.81. The first-order valence-corrected chi connectivity index (χ1v) is 8.57. The molecule has 1 saturated carbocycles. The molecule has 1 unspecified atom stereocenters. The molecule has 0 bridgehead atoms. The number of halogens is 1. The van der Waals surface area contributed by atoms with E-state index in [0.29, 0.717) is 22.6 Å². The number of benzene rings is 1. The summed E-state index contributed by atoms with van der Waals surface area (Å²) in [6, 6.07) is 2.97. The van der Waals surface area contributed by atoms with E-state index in [1.807, 2.05) is 0 Å². The van der Waals surface area contributed by atoms with E-state index in [0.717, 1.165) is 6.42 Å². The minimum atomic E-state index is -3.62. The van der Waals surface area contributed by atoms with Gasteiger partial charge in [0, 0.05) is 16.7 Å². The highest BCUT2D eigenvalue weighted by molar-refractivity contribution is 9.10. The number of nitrogens with one attached hydrogen (secondary N) is 1. The molecule has 0 spiro atoms. The number of ether oxygens (including phenoxy) is 1. The van der Waals surface area contributed by atoms with Gasteiger partial charge in [-0.2, -0.15) is 0 Å². The highest BCUT2D eigenvalue weighted by atomic mass is 79.9. The smallest absolute Gasteiger partial charge is 0.244 e. The number of nitrogens with two attached hydrogens (primary N) is 1. The topological polar surface area (TPSA) is 81.4 Å². The van der Waals surface area contributed by atoms with Gasteiger partial charge in [0.1, 0.15) is 10.6 Å². The lowest BCUT2D eigenvalue weighted by molar-refractivity contribution is 0.402. The van der Waals surface area contributed by atoms with Crippen LogP contribution in [-0.4, -0.2) is 22.1 Å². The van der Waals surface area contributed by atoms with Crippen molar-refractivity contribution in [1.29, 1.82) is 0 Å². The van der Waals surface area contributed by atoms with Gasteiger partial charge in [0.25, 0.3) is 0 Å². The Bertz CT molecular complexity index is 629. The molecule has 2 rings (SSSR count). The van der Waals surface area contributed by atoms with Crippen LogP contribution in [0.25, 0.3) is 0 Å². The molecule has 0 aromatic heterocycles. The largest absolute Gasteiger partial charge is 0.495 e. The molecule has 0 heterocycles. The van der Waals surface area contributed by atoms with E-state index in [-0.39, 0.29) is 16.1 Å². The van der Waals surface area contributed by atoms with Crippen LogP contribution in [0.3, 0.4) is 0 Å². The summed E-state index contributed by atoms with van der Waals surface area (Å²) in [5.74, 6) is 0.657. The lowest BCUT2D eigenvalue weighted by atomic mass is 10.1. The average Bonchev–Trinajstić information content (AvgIpc) is 2.97. The standard InChI is InChI=1S/C13H19BrN2O3S/c1-13(2)6-8(13)7-16-20(17,18)12-5-10(15)9(14)4-11(12)19-3/h4-5,8,16H,6-7,15H2,1-3H3. The maximum Gasteiger partial charge on any atom is 0.244 e. The van der Waals surface area contributed by atoms with Crippen molar-refractivity contribution in [3.63, 3.8) is 0 Å². The van der Waals surface area contributed by atoms with Crippen molar-refractivity contribution in [2.75, 3.05) is 19.4 Å². The van der Waals surface area contributed by atoms with E-state index in [9.17, 15) is 8.42 Å². The maximum absolute atomic E-state index is 12.4. The highest BCUT2D eigenvalue weighted by Crippen LogP contribution is 2.51. The Hall–Kier alpha value is -0.790. The summed E-state index contributed by atoms with van der Waals surface area (Å²) in [7, 11) is -2.19. The van der Waals surface area contributed by atoms with Crippen molar-refractivity contribution in [2.45, 2.75) is 25.2 Å². The molecule has 0 radical (unpaired) electrons. The zero-order valence-corrected chi connectivity index (χ0v) is 14.1. The van der Waals surface area contributed by atoms with Gasteiger partial charge in [0.15, 0.2) is 0 Å². The monoisotopic (exact) mass is 362 g/mol. The molecule has 0 aliphatic heterocycles. The fourth-order valence-electron chi connectivity index (χ4n) is 2.13. The molecular weight excluding hydrogens is 344 g/mol. The molecule has 20 heavy (non-hydrogen) atoms. The summed E-state index contributed by atoms with van der Waals surface area (Å²) in [6.45, 7) is 4.70. The normalized spacial score (nSPS) is 20.7. The van der Waals surface area contributed by atoms with Crippen molar-refractivity contribution in [2.24, 2.45) is 11.3 Å². The van der Waals surface area contributed by atoms with Crippen LogP contribution < -0.4 is 15.2 Å². The molecular formula is C13H19BrN2O3S. The van der Waals surface area contributed by atoms with Gasteiger partial charge in [-0.05, 0) is 45.8 Å². The lowest BCUT2D eigenvalue weighted by Crippen LogP contribution is -2.27. The maximum atomic E-state index is 12.4. The van der Waals surface area contributed by atoms with Crippen molar-refractivity contribution in [1.82, 2.24) is 4.72 Å². The number of hydrogen-bond donors (Lipinski definition) is 2. The molecule has 0 amide bonds. The summed E-state index contributed by atoms with van der Waals surface area (Å²) in [5, 5.41) is 0. The Kier molecular flexibility index (Phi) is 4.05. The van der Waals surface area contributed by atoms with E-state index in [1.165, 1.54) is 13.2 Å². The molecule has 1 atom stereocenters. The lowest BCUT2D eigenvalue weighted by Gasteiger charge is -2.13. The van der Waals surface area contributed by atoms with Gasteiger partial charge in [0.2, 0.25) is 10.0 Å². The molecule has 3 N–H and O–H groups in total. The van der Waals surface area contributed by atoms with Crippen LogP contribution in [-0.2, 0) is 10.0 Å². The minimum absolute atomic E-state index is 0.0687. The Balaban J connectivity index is 2.23. The minimum Gasteiger partial charge on any atom is -0.495 e. The molecule has 5 nitrogen and oxygen atoms in total. The van der Waals surface area contributed by atoms with E-state index in [1.54, 1.807) is 6.07 Å². The van der Waals surface area contributed by atoms with Gasteiger partial charge in [-0.15, -0.1) is 0 Å². The zero-order chi connectivity index (χ0) is 15.1. The summed E-state index contributed by atoms with van der Waals surface area (Å²) in [5.41, 5.74) is 6.34. The molecule has 1 fully saturated rings. The van der Waals surface area contributed by atoms with Crippen LogP contribution in [0.15, 0.2) is 21.5 Å². The first kappa shape index (κ1) is 15.6. The van der Waals surface area contributed by atoms with Crippen LogP contribution in [0.1, 0.15) is 20.3 Å². The zero-order valence-electron chi connectivity index (χ0n) is 11.7. The molecule has 112 valence electrons. The third-order valence-corrected chi connectivity index (χ3v) is 5.94. The SMILES string of the molecule is COc1cc(Br)c(N)cc1S(=O)(=O)NCC1CC1(C)C. The van der Waals surface area contributed by atoms with Gasteiger partial charge in [0.05, 0.1) is 7.11 Å². The summed E-state index contributed by atoms with van der Waals surface area (Å²) in [4.78, 5) is 0.0687. The number of nitrogen functional groups attached to an aromatic ring is 1. The van der Waals surface area contributed by atoms with Crippen LogP contribution in [0, 0.1) is 11.3 Å². The predicted molar refractivity (Wildman–Crippen MR) is 82.2 cm³/mol. The van der Waals surface area contributed by atoms with E-state index < -0.39 is 10.0 Å². The van der Waals surface area contributed by atoms with Gasteiger partial charge in [-0.25, -0.2) is 13.1 Å². The molecule has 1 aliphatic rings. The molecule has 1 aromatic carbocycles. The number of methoxy groups -OCH3 is 1. The highest BCUT2D eigenvalue weighted by Gasteiger charge is 2.45. The van der Waals surface area contributed by atoms with E-state index in [2.05, 4.69) is 34.5 Å². The van der Waals surface area contributed by atoms with Gasteiger partial charge < -0.3 is 10.5 Å². The molecule has 1 aliphatic carbocycles. The van der Waals surface area contributed by atoms with Crippen molar-refractivity contribution in [3.05, 3.63) is 16.6 Å². The van der Waals surface area contributed by atoms with Gasteiger partial charge in [-0.1, -0.05) is 13.8 Å². The van der Waals surface area contributed by atoms with E-state index in [4.69, 9.17) is 10.5 Å². The van der Waals surface area contributed by atoms with Crippen molar-refractivity contribution < 1.29 is 13.2 Å². The number of rotatable bonds is 5. The fourth-order valence-corrected chi connectivity index (χ4v) is 3.72. The number of hydrogen-bond acceptors (Lipinski definition) is 4. The Morgan fingerprint density at radius 1 is 1.50 bits per heavy atom. The molecule has 0 saturated heterocycles. The number of sulfonamides is 1. The van der Waals surface area contributed by atoms with Gasteiger partial charge >= 0.3 is 0 Å². The predicted octanol–water partition coefficient (Wildman–Crippen LogP) is 2.36. The molecule has 7 heteroatoms. The van der Waals surface area contributed by atoms with Crippen LogP contribution in [0.5, 0.6) is 5.75 Å². The Morgan fingerprint density at radius 2 is 2.10 bits per heavy atom. The van der Waals surface area contributed by atoms with Crippen LogP contribution in [0.4, 0.5) is 5.69 Å². The quantitative estimate of drug-likeness (QED) is 0.787. The Morgan fingerprint density at radius 3 is 2.60 bits per heavy atom. The summed E-state index contributed by atoms with van der Waals surface area (Å²) in [6.07, 6.45) is 1.04. The fraction of sp³-hybridized carbons (Fsp3) is 0.538. The second-order valence-corrected chi connectivity index (χ2v) is 8.36. The first-order valence-electron chi connectivity index (χ1n) is 6.30. The Labute approximate surface area is 128 Å². The second-order valence-electron chi connectivity index (χ2n) is 5.77. The number of anilines is 1. The van der Waals surface area contributed by atoms with Crippen LogP contribution >= 0.6 is 15.9 Å². The van der Waals surface area contributed by atoms with E-state index >= 15 is 0 Å². The first-order chi connectivity index (χ1) is 9.17. The summed E-state index contributed by atoms with van der Waals surface area (Å²) >= 11 is 3.25. The van der Waals surface area contributed by atoms with Gasteiger partial charge in [-0.3, -0.25) is 0 Å². The van der Waals surface area contributed by atoms with Crippen LogP contribution in [0.2, 0.25) is 0 Å². The molecule has 1 aromatic rings. The summed E-state index contributed by atoms with van der Waals surface area (Å²) < 4.78 is 33.1. The average molecular weight is 363 g/mol. The van der Waals surface area contributed by atoms with Crippen molar-refractivity contribution >= 4 is 31.6 Å². The third kappa shape index (κ3) is 3.10. The van der Waals surface area contributed by atoms with Crippen molar-refractivity contribution in [3.8, 4) is 5.75 Å².